The summed E-state index contributed by atoms with van der Waals surface area (Å²) in [6.07, 6.45) is 0. The van der Waals surface area contributed by atoms with Crippen LogP contribution in [-0.2, 0) is 7.05 Å². The number of nitrogens with two attached hydrogens (primary N) is 1. The minimum absolute atomic E-state index is 0.0222. The van der Waals surface area contributed by atoms with Crippen molar-refractivity contribution >= 4 is 23.1 Å². The largest absolute Gasteiger partial charge is 0.339 e. The van der Waals surface area contributed by atoms with E-state index in [1.807, 2.05) is 17.5 Å². The summed E-state index contributed by atoms with van der Waals surface area (Å²) in [6, 6.07) is 3.93. The van der Waals surface area contributed by atoms with Crippen molar-refractivity contribution in [1.29, 1.82) is 0 Å². The lowest BCUT2D eigenvalue weighted by molar-refractivity contribution is 0.595. The molecule has 0 radical (unpaired) electrons. The van der Waals surface area contributed by atoms with Gasteiger partial charge in [-0.3, -0.25) is 19.4 Å². The maximum atomic E-state index is 11.2. The first-order chi connectivity index (χ1) is 8.61. The van der Waals surface area contributed by atoms with Gasteiger partial charge in [-0.2, -0.15) is 4.98 Å². The highest BCUT2D eigenvalue weighted by Gasteiger charge is 2.15. The van der Waals surface area contributed by atoms with Gasteiger partial charge in [0.25, 0.3) is 0 Å². The smallest absolute Gasteiger partial charge is 0.329 e. The van der Waals surface area contributed by atoms with Crippen LogP contribution in [0.4, 0.5) is 0 Å². The van der Waals surface area contributed by atoms with Crippen molar-refractivity contribution in [3.05, 3.63) is 43.1 Å². The lowest BCUT2D eigenvalue weighted by atomic mass is 10.3. The summed E-state index contributed by atoms with van der Waals surface area (Å²) in [6.45, 7) is 0.431. The van der Waals surface area contributed by atoms with Gasteiger partial charge in [0.2, 0.25) is 0 Å². The fourth-order valence-corrected chi connectivity index (χ4v) is 3.31. The molecule has 0 aliphatic carbocycles. The van der Waals surface area contributed by atoms with Crippen LogP contribution >= 0.6 is 23.1 Å². The van der Waals surface area contributed by atoms with E-state index in [9.17, 15) is 9.59 Å². The van der Waals surface area contributed by atoms with Gasteiger partial charge in [-0.15, -0.1) is 11.3 Å². The Morgan fingerprint density at radius 2 is 2.39 bits per heavy atom. The summed E-state index contributed by atoms with van der Waals surface area (Å²) < 4.78 is 1.44. The van der Waals surface area contributed by atoms with E-state index >= 15 is 0 Å². The number of aromatic nitrogens is 3. The predicted molar refractivity (Wildman–Crippen MR) is 72.1 cm³/mol. The molecule has 0 fully saturated rings. The fraction of sp³-hybridized carbons (Fsp3) is 0.300. The van der Waals surface area contributed by atoms with Crippen molar-refractivity contribution < 1.29 is 0 Å². The third-order valence-electron chi connectivity index (χ3n) is 2.27. The van der Waals surface area contributed by atoms with Gasteiger partial charge in [-0.25, -0.2) is 0 Å². The minimum Gasteiger partial charge on any atom is -0.329 e. The van der Waals surface area contributed by atoms with E-state index in [1.54, 1.807) is 18.4 Å². The van der Waals surface area contributed by atoms with Gasteiger partial charge < -0.3 is 5.73 Å². The van der Waals surface area contributed by atoms with Gasteiger partial charge in [-0.1, -0.05) is 17.8 Å². The van der Waals surface area contributed by atoms with Gasteiger partial charge in [0.15, 0.2) is 5.16 Å². The molecule has 0 aliphatic rings. The van der Waals surface area contributed by atoms with Crippen LogP contribution in [0.5, 0.6) is 0 Å². The molecule has 0 aliphatic heterocycles. The van der Waals surface area contributed by atoms with Crippen molar-refractivity contribution in [2.45, 2.75) is 10.4 Å². The first kappa shape index (κ1) is 13.1. The quantitative estimate of drug-likeness (QED) is 0.623. The number of aryl methyl sites for hydroxylation is 1. The summed E-state index contributed by atoms with van der Waals surface area (Å²) in [5.74, 6) is 0. The Hall–Kier alpha value is -1.38. The Bertz CT molecular complexity index is 632. The van der Waals surface area contributed by atoms with Crippen LogP contribution in [0.15, 0.2) is 32.3 Å². The molecular formula is C10H12N4O2S2. The van der Waals surface area contributed by atoms with Gasteiger partial charge >= 0.3 is 11.1 Å². The highest BCUT2D eigenvalue weighted by molar-refractivity contribution is 7.99. The lowest BCUT2D eigenvalue weighted by Gasteiger charge is -2.13. The number of thiophene rings is 1. The number of nitrogens with one attached hydrogen (secondary N) is 1. The maximum absolute atomic E-state index is 11.2. The first-order valence-electron chi connectivity index (χ1n) is 5.19. The van der Waals surface area contributed by atoms with Crippen LogP contribution in [0, 0.1) is 0 Å². The Balaban J connectivity index is 2.31. The molecule has 0 saturated heterocycles. The molecule has 8 heteroatoms. The van der Waals surface area contributed by atoms with E-state index in [2.05, 4.69) is 10.1 Å². The van der Waals surface area contributed by atoms with Gasteiger partial charge in [0.05, 0.1) is 5.25 Å². The topological polar surface area (TPSA) is 93.8 Å². The summed E-state index contributed by atoms with van der Waals surface area (Å²) in [5, 5.41) is 4.85. The zero-order valence-corrected chi connectivity index (χ0v) is 11.3. The lowest BCUT2D eigenvalue weighted by Crippen LogP contribution is -2.34. The molecule has 2 aromatic heterocycles. The van der Waals surface area contributed by atoms with E-state index in [1.165, 1.54) is 16.4 Å². The van der Waals surface area contributed by atoms with Crippen LogP contribution in [0.2, 0.25) is 0 Å². The van der Waals surface area contributed by atoms with E-state index in [-0.39, 0.29) is 5.25 Å². The molecule has 0 spiro atoms. The second kappa shape index (κ2) is 5.51. The Morgan fingerprint density at radius 3 is 3.00 bits per heavy atom. The van der Waals surface area contributed by atoms with Gasteiger partial charge in [0, 0.05) is 18.5 Å². The zero-order valence-electron chi connectivity index (χ0n) is 9.62. The number of hydrogen-bond acceptors (Lipinski definition) is 6. The molecule has 2 aromatic rings. The molecule has 1 atom stereocenters. The highest BCUT2D eigenvalue weighted by Crippen LogP contribution is 2.34. The van der Waals surface area contributed by atoms with Gasteiger partial charge in [0.1, 0.15) is 0 Å². The summed E-state index contributed by atoms with van der Waals surface area (Å²) in [7, 11) is 1.64. The Kier molecular flexibility index (Phi) is 4.00. The van der Waals surface area contributed by atoms with Crippen LogP contribution in [-0.4, -0.2) is 21.3 Å². The Labute approximate surface area is 111 Å². The van der Waals surface area contributed by atoms with Crippen molar-refractivity contribution in [2.75, 3.05) is 6.54 Å². The third kappa shape index (κ3) is 2.71. The van der Waals surface area contributed by atoms with E-state index < -0.39 is 11.1 Å². The zero-order chi connectivity index (χ0) is 13.1. The molecule has 18 heavy (non-hydrogen) atoms. The molecule has 2 rings (SSSR count). The average Bonchev–Trinajstić information content (AvgIpc) is 2.85. The predicted octanol–water partition coefficient (Wildman–Crippen LogP) is 0.322. The Morgan fingerprint density at radius 1 is 1.61 bits per heavy atom. The van der Waals surface area contributed by atoms with E-state index in [4.69, 9.17) is 5.73 Å². The maximum Gasteiger partial charge on any atom is 0.339 e. The molecule has 2 heterocycles. The second-order valence-electron chi connectivity index (χ2n) is 3.56. The van der Waals surface area contributed by atoms with Gasteiger partial charge in [-0.05, 0) is 11.4 Å². The summed E-state index contributed by atoms with van der Waals surface area (Å²) in [4.78, 5) is 27.2. The van der Waals surface area contributed by atoms with Crippen LogP contribution < -0.4 is 16.9 Å². The first-order valence-corrected chi connectivity index (χ1v) is 6.95. The molecule has 0 aromatic carbocycles. The summed E-state index contributed by atoms with van der Waals surface area (Å²) in [5.41, 5.74) is 4.23. The molecule has 6 nitrogen and oxygen atoms in total. The number of H-pyrrole nitrogens is 1. The number of aromatic amines is 1. The molecule has 0 amide bonds. The minimum atomic E-state index is -0.780. The molecule has 96 valence electrons. The molecule has 1 unspecified atom stereocenters. The average molecular weight is 284 g/mol. The van der Waals surface area contributed by atoms with E-state index in [0.29, 0.717) is 11.7 Å². The van der Waals surface area contributed by atoms with Crippen molar-refractivity contribution in [1.82, 2.24) is 14.8 Å². The molecule has 3 N–H and O–H groups in total. The molecular weight excluding hydrogens is 272 g/mol. The van der Waals surface area contributed by atoms with Crippen molar-refractivity contribution in [3.63, 3.8) is 0 Å². The molecule has 0 saturated carbocycles. The normalized spacial score (nSPS) is 12.6. The van der Waals surface area contributed by atoms with Crippen molar-refractivity contribution in [2.24, 2.45) is 12.8 Å². The van der Waals surface area contributed by atoms with Crippen LogP contribution in [0.3, 0.4) is 0 Å². The number of hydrogen-bond donors (Lipinski definition) is 2. The van der Waals surface area contributed by atoms with E-state index in [0.717, 1.165) is 4.88 Å². The number of rotatable bonds is 4. The van der Waals surface area contributed by atoms with Crippen molar-refractivity contribution in [3.8, 4) is 0 Å². The summed E-state index contributed by atoms with van der Waals surface area (Å²) >= 11 is 2.96. The number of thioether (sulfide) groups is 1. The fourth-order valence-electron chi connectivity index (χ4n) is 1.39. The SMILES string of the molecule is Cn1[nH]c(=O)c(=O)nc1SC(CN)c1cccs1. The monoisotopic (exact) mass is 284 g/mol. The highest BCUT2D eigenvalue weighted by atomic mass is 32.2. The molecule has 0 bridgehead atoms. The van der Waals surface area contributed by atoms with Crippen LogP contribution in [0.1, 0.15) is 10.1 Å². The standard InChI is InChI=1S/C10H12N4O2S2/c1-14-10(12-8(15)9(16)13-14)18-7(5-11)6-3-2-4-17-6/h2-4,7H,5,11H2,1H3,(H,13,16). The second-order valence-corrected chi connectivity index (χ2v) is 5.71. The third-order valence-corrected chi connectivity index (χ3v) is 4.71. The number of nitrogens with zero attached hydrogens (tertiary/aromatic N) is 2. The van der Waals surface area contributed by atoms with Crippen LogP contribution in [0.25, 0.3) is 0 Å².